The molecule has 4 heteroatoms. The minimum atomic E-state index is -0.194. The number of hydrogen-bond acceptors (Lipinski definition) is 2. The zero-order valence-corrected chi connectivity index (χ0v) is 12.4. The lowest BCUT2D eigenvalue weighted by atomic mass is 10.1. The van der Waals surface area contributed by atoms with Gasteiger partial charge in [0, 0.05) is 28.3 Å². The van der Waals surface area contributed by atoms with Gasteiger partial charge in [0.25, 0.3) is 0 Å². The number of halogens is 2. The first kappa shape index (κ1) is 13.9. The highest BCUT2D eigenvalue weighted by atomic mass is 79.9. The van der Waals surface area contributed by atoms with Gasteiger partial charge in [-0.2, -0.15) is 0 Å². The second-order valence-corrected chi connectivity index (χ2v) is 5.24. The van der Waals surface area contributed by atoms with E-state index in [1.165, 1.54) is 6.07 Å². The Bertz CT molecular complexity index is 586. The average Bonchev–Trinajstić information content (AvgIpc) is 2.39. The van der Waals surface area contributed by atoms with Crippen molar-refractivity contribution in [3.8, 4) is 5.75 Å². The van der Waals surface area contributed by atoms with Crippen molar-refractivity contribution in [2.24, 2.45) is 0 Å². The Labute approximate surface area is 120 Å². The standard InChI is InChI=1S/C15H15BrFNO/c1-10-3-4-15(17)11(5-10)9-18-13-6-12(16)7-14(8-13)19-2/h3-8,18H,9H2,1-2H3. The summed E-state index contributed by atoms with van der Waals surface area (Å²) in [5.41, 5.74) is 2.58. The number of benzene rings is 2. The van der Waals surface area contributed by atoms with E-state index >= 15 is 0 Å². The predicted molar refractivity (Wildman–Crippen MR) is 79.2 cm³/mol. The number of aryl methyl sites for hydroxylation is 1. The maximum atomic E-state index is 13.6. The number of anilines is 1. The normalized spacial score (nSPS) is 10.3. The average molecular weight is 324 g/mol. The lowest BCUT2D eigenvalue weighted by Crippen LogP contribution is -2.02. The molecule has 0 saturated carbocycles. The van der Waals surface area contributed by atoms with Crippen LogP contribution in [0.4, 0.5) is 10.1 Å². The summed E-state index contributed by atoms with van der Waals surface area (Å²) in [5, 5.41) is 3.19. The summed E-state index contributed by atoms with van der Waals surface area (Å²) in [6.45, 7) is 2.39. The SMILES string of the molecule is COc1cc(Br)cc(NCc2cc(C)ccc2F)c1. The van der Waals surface area contributed by atoms with E-state index in [0.29, 0.717) is 12.1 Å². The number of hydrogen-bond donors (Lipinski definition) is 1. The molecule has 0 unspecified atom stereocenters. The minimum Gasteiger partial charge on any atom is -0.497 e. The molecule has 2 aromatic carbocycles. The van der Waals surface area contributed by atoms with E-state index in [1.54, 1.807) is 13.2 Å². The van der Waals surface area contributed by atoms with Crippen molar-refractivity contribution in [1.82, 2.24) is 0 Å². The molecule has 0 atom stereocenters. The third-order valence-corrected chi connectivity index (χ3v) is 3.25. The van der Waals surface area contributed by atoms with E-state index in [2.05, 4.69) is 21.2 Å². The van der Waals surface area contributed by atoms with Crippen molar-refractivity contribution in [2.45, 2.75) is 13.5 Å². The van der Waals surface area contributed by atoms with Gasteiger partial charge >= 0.3 is 0 Å². The van der Waals surface area contributed by atoms with E-state index in [1.807, 2.05) is 31.2 Å². The van der Waals surface area contributed by atoms with Crippen LogP contribution in [-0.2, 0) is 6.54 Å². The van der Waals surface area contributed by atoms with Crippen LogP contribution in [0.3, 0.4) is 0 Å². The van der Waals surface area contributed by atoms with E-state index in [0.717, 1.165) is 21.5 Å². The largest absolute Gasteiger partial charge is 0.497 e. The van der Waals surface area contributed by atoms with Crippen LogP contribution in [0.25, 0.3) is 0 Å². The maximum Gasteiger partial charge on any atom is 0.128 e. The Hall–Kier alpha value is -1.55. The van der Waals surface area contributed by atoms with Crippen molar-refractivity contribution in [1.29, 1.82) is 0 Å². The van der Waals surface area contributed by atoms with Crippen molar-refractivity contribution in [3.05, 3.63) is 57.8 Å². The van der Waals surface area contributed by atoms with Gasteiger partial charge in [-0.1, -0.05) is 33.6 Å². The van der Waals surface area contributed by atoms with Crippen molar-refractivity contribution in [2.75, 3.05) is 12.4 Å². The zero-order valence-electron chi connectivity index (χ0n) is 10.8. The summed E-state index contributed by atoms with van der Waals surface area (Å²) in [7, 11) is 1.62. The third-order valence-electron chi connectivity index (χ3n) is 2.79. The number of methoxy groups -OCH3 is 1. The topological polar surface area (TPSA) is 21.3 Å². The van der Waals surface area contributed by atoms with Crippen molar-refractivity contribution in [3.63, 3.8) is 0 Å². The molecule has 100 valence electrons. The fourth-order valence-electron chi connectivity index (χ4n) is 1.82. The molecule has 0 radical (unpaired) electrons. The highest BCUT2D eigenvalue weighted by Crippen LogP contribution is 2.25. The van der Waals surface area contributed by atoms with Gasteiger partial charge in [0.2, 0.25) is 0 Å². The van der Waals surface area contributed by atoms with Gasteiger partial charge in [-0.15, -0.1) is 0 Å². The first-order chi connectivity index (χ1) is 9.08. The molecule has 2 aromatic rings. The molecule has 0 fully saturated rings. The Morgan fingerprint density at radius 1 is 1.21 bits per heavy atom. The summed E-state index contributed by atoms with van der Waals surface area (Å²) in [4.78, 5) is 0. The highest BCUT2D eigenvalue weighted by Gasteiger charge is 2.04. The maximum absolute atomic E-state index is 13.6. The van der Waals surface area contributed by atoms with Crippen molar-refractivity contribution >= 4 is 21.6 Å². The molecule has 0 heterocycles. The van der Waals surface area contributed by atoms with Gasteiger partial charge < -0.3 is 10.1 Å². The van der Waals surface area contributed by atoms with Crippen LogP contribution in [0.2, 0.25) is 0 Å². The number of nitrogens with one attached hydrogen (secondary N) is 1. The molecule has 0 spiro atoms. The van der Waals surface area contributed by atoms with E-state index in [4.69, 9.17) is 4.74 Å². The molecule has 19 heavy (non-hydrogen) atoms. The molecule has 0 aliphatic carbocycles. The van der Waals surface area contributed by atoms with Crippen LogP contribution in [0.5, 0.6) is 5.75 Å². The Morgan fingerprint density at radius 2 is 2.00 bits per heavy atom. The van der Waals surface area contributed by atoms with Crippen LogP contribution in [0.1, 0.15) is 11.1 Å². The van der Waals surface area contributed by atoms with Gasteiger partial charge in [0.15, 0.2) is 0 Å². The fourth-order valence-corrected chi connectivity index (χ4v) is 2.29. The summed E-state index contributed by atoms with van der Waals surface area (Å²) >= 11 is 3.41. The lowest BCUT2D eigenvalue weighted by molar-refractivity contribution is 0.414. The van der Waals surface area contributed by atoms with Gasteiger partial charge in [-0.3, -0.25) is 0 Å². The zero-order chi connectivity index (χ0) is 13.8. The van der Waals surface area contributed by atoms with Crippen LogP contribution < -0.4 is 10.1 Å². The van der Waals surface area contributed by atoms with E-state index < -0.39 is 0 Å². The molecule has 0 bridgehead atoms. The fraction of sp³-hybridized carbons (Fsp3) is 0.200. The van der Waals surface area contributed by atoms with Crippen LogP contribution >= 0.6 is 15.9 Å². The van der Waals surface area contributed by atoms with E-state index in [-0.39, 0.29) is 5.82 Å². The van der Waals surface area contributed by atoms with Gasteiger partial charge in [-0.05, 0) is 25.1 Å². The molecule has 0 aliphatic heterocycles. The van der Waals surface area contributed by atoms with Gasteiger partial charge in [0.1, 0.15) is 11.6 Å². The molecule has 0 aliphatic rings. The first-order valence-corrected chi connectivity index (χ1v) is 6.71. The minimum absolute atomic E-state index is 0.194. The molecular weight excluding hydrogens is 309 g/mol. The van der Waals surface area contributed by atoms with Gasteiger partial charge in [-0.25, -0.2) is 4.39 Å². The molecule has 0 aromatic heterocycles. The quantitative estimate of drug-likeness (QED) is 0.893. The molecular formula is C15H15BrFNO. The van der Waals surface area contributed by atoms with Crippen molar-refractivity contribution < 1.29 is 9.13 Å². The van der Waals surface area contributed by atoms with E-state index in [9.17, 15) is 4.39 Å². The Balaban J connectivity index is 2.14. The Morgan fingerprint density at radius 3 is 2.74 bits per heavy atom. The third kappa shape index (κ3) is 3.70. The second kappa shape index (κ2) is 6.06. The summed E-state index contributed by atoms with van der Waals surface area (Å²) in [6, 6.07) is 10.8. The highest BCUT2D eigenvalue weighted by molar-refractivity contribution is 9.10. The predicted octanol–water partition coefficient (Wildman–Crippen LogP) is 4.52. The molecule has 0 amide bonds. The first-order valence-electron chi connectivity index (χ1n) is 5.92. The summed E-state index contributed by atoms with van der Waals surface area (Å²) < 4.78 is 19.7. The number of ether oxygens (including phenoxy) is 1. The lowest BCUT2D eigenvalue weighted by Gasteiger charge is -2.10. The summed E-state index contributed by atoms with van der Waals surface area (Å²) in [6.07, 6.45) is 0. The molecule has 0 saturated heterocycles. The van der Waals surface area contributed by atoms with Crippen LogP contribution in [0.15, 0.2) is 40.9 Å². The monoisotopic (exact) mass is 323 g/mol. The smallest absolute Gasteiger partial charge is 0.128 e. The number of rotatable bonds is 4. The van der Waals surface area contributed by atoms with Crippen LogP contribution in [0, 0.1) is 12.7 Å². The second-order valence-electron chi connectivity index (χ2n) is 4.33. The molecule has 2 nitrogen and oxygen atoms in total. The van der Waals surface area contributed by atoms with Crippen LogP contribution in [-0.4, -0.2) is 7.11 Å². The Kier molecular flexibility index (Phi) is 4.43. The summed E-state index contributed by atoms with van der Waals surface area (Å²) in [5.74, 6) is 0.557. The molecule has 2 rings (SSSR count). The van der Waals surface area contributed by atoms with Gasteiger partial charge in [0.05, 0.1) is 7.11 Å². The molecule has 1 N–H and O–H groups in total.